The molecular formula is C17H18Br2N2O2S. The number of nitrogens with one attached hydrogen (secondary N) is 1. The Morgan fingerprint density at radius 1 is 1.46 bits per heavy atom. The number of amides is 1. The molecule has 1 amide bonds. The summed E-state index contributed by atoms with van der Waals surface area (Å²) in [4.78, 5) is 12.9. The molecule has 0 bridgehead atoms. The maximum absolute atomic E-state index is 11.9. The van der Waals surface area contributed by atoms with Crippen LogP contribution in [0.15, 0.2) is 37.6 Å². The van der Waals surface area contributed by atoms with Crippen LogP contribution in [0.3, 0.4) is 0 Å². The molecule has 0 unspecified atom stereocenters. The number of thiophene rings is 1. The molecule has 128 valence electrons. The molecule has 2 aromatic rings. The molecular weight excluding hydrogens is 456 g/mol. The lowest BCUT2D eigenvalue weighted by atomic mass is 10.0. The Morgan fingerprint density at radius 2 is 2.21 bits per heavy atom. The van der Waals surface area contributed by atoms with Crippen molar-refractivity contribution >= 4 is 55.3 Å². The molecule has 1 aromatic heterocycles. The molecule has 24 heavy (non-hydrogen) atoms. The molecule has 0 spiro atoms. The highest BCUT2D eigenvalue weighted by Gasteiger charge is 2.17. The van der Waals surface area contributed by atoms with Gasteiger partial charge < -0.3 is 4.74 Å². The first-order valence-electron chi connectivity index (χ1n) is 7.36. The molecule has 7 heteroatoms. The fourth-order valence-corrected chi connectivity index (χ4v) is 3.84. The molecule has 1 N–H and O–H groups in total. The van der Waals surface area contributed by atoms with Crippen LogP contribution in [-0.2, 0) is 4.79 Å². The summed E-state index contributed by atoms with van der Waals surface area (Å²) in [6.45, 7) is 6.06. The van der Waals surface area contributed by atoms with Crippen LogP contribution < -0.4 is 10.2 Å². The predicted molar refractivity (Wildman–Crippen MR) is 106 cm³/mol. The van der Waals surface area contributed by atoms with Gasteiger partial charge in [0.1, 0.15) is 5.75 Å². The van der Waals surface area contributed by atoms with Crippen LogP contribution in [-0.4, -0.2) is 18.7 Å². The number of carbonyl (C=O) groups excluding carboxylic acids is 1. The second-order valence-electron chi connectivity index (χ2n) is 5.47. The van der Waals surface area contributed by atoms with E-state index in [-0.39, 0.29) is 18.4 Å². The van der Waals surface area contributed by atoms with Crippen molar-refractivity contribution in [1.82, 2.24) is 5.43 Å². The van der Waals surface area contributed by atoms with Crippen molar-refractivity contribution in [3.63, 3.8) is 0 Å². The number of ether oxygens (including phenoxy) is 1. The lowest BCUT2D eigenvalue weighted by Gasteiger charge is -2.18. The van der Waals surface area contributed by atoms with Gasteiger partial charge in [0.05, 0.1) is 10.7 Å². The maximum Gasteiger partial charge on any atom is 0.277 e. The van der Waals surface area contributed by atoms with E-state index in [4.69, 9.17) is 4.74 Å². The van der Waals surface area contributed by atoms with Crippen molar-refractivity contribution in [3.8, 4) is 5.75 Å². The third-order valence-electron chi connectivity index (χ3n) is 3.33. The largest absolute Gasteiger partial charge is 0.482 e. The van der Waals surface area contributed by atoms with Gasteiger partial charge in [-0.3, -0.25) is 4.79 Å². The van der Waals surface area contributed by atoms with E-state index >= 15 is 0 Å². The Hall–Kier alpha value is -1.18. The molecule has 0 radical (unpaired) electrons. The Labute approximate surface area is 162 Å². The van der Waals surface area contributed by atoms with E-state index in [1.54, 1.807) is 17.6 Å². The first kappa shape index (κ1) is 19.1. The first-order valence-corrected chi connectivity index (χ1v) is 9.83. The standard InChI is InChI=1S/C17H18Br2N2O2S/c1-10(2)13-7-14(18)11(3)16(19)17(13)23-9-15(22)21-20-8-12-5-4-6-24-12/h4-8,10H,9H2,1-3H3,(H,21,22)/b20-8+. The molecule has 0 saturated heterocycles. The lowest BCUT2D eigenvalue weighted by Crippen LogP contribution is -2.25. The quantitative estimate of drug-likeness (QED) is 0.461. The van der Waals surface area contributed by atoms with E-state index < -0.39 is 0 Å². The third kappa shape index (κ3) is 4.91. The van der Waals surface area contributed by atoms with Crippen LogP contribution in [0.2, 0.25) is 0 Å². The summed E-state index contributed by atoms with van der Waals surface area (Å²) in [5, 5.41) is 5.88. The number of hydrogen-bond acceptors (Lipinski definition) is 4. The van der Waals surface area contributed by atoms with Crippen molar-refractivity contribution < 1.29 is 9.53 Å². The van der Waals surface area contributed by atoms with Gasteiger partial charge in [0.15, 0.2) is 6.61 Å². The number of rotatable bonds is 6. The van der Waals surface area contributed by atoms with Crippen LogP contribution in [0.25, 0.3) is 0 Å². The van der Waals surface area contributed by atoms with Gasteiger partial charge in [-0.15, -0.1) is 11.3 Å². The summed E-state index contributed by atoms with van der Waals surface area (Å²) >= 11 is 8.67. The van der Waals surface area contributed by atoms with Crippen molar-refractivity contribution in [2.45, 2.75) is 26.7 Å². The molecule has 1 heterocycles. The monoisotopic (exact) mass is 472 g/mol. The Bertz CT molecular complexity index is 744. The minimum absolute atomic E-state index is 0.0961. The zero-order valence-corrected chi connectivity index (χ0v) is 17.6. The van der Waals surface area contributed by atoms with Gasteiger partial charge in [-0.2, -0.15) is 5.10 Å². The van der Waals surface area contributed by atoms with E-state index in [0.29, 0.717) is 5.75 Å². The van der Waals surface area contributed by atoms with Gasteiger partial charge in [-0.1, -0.05) is 35.8 Å². The van der Waals surface area contributed by atoms with Crippen molar-refractivity contribution in [2.24, 2.45) is 5.10 Å². The molecule has 4 nitrogen and oxygen atoms in total. The highest BCUT2D eigenvalue weighted by atomic mass is 79.9. The maximum atomic E-state index is 11.9. The molecule has 0 fully saturated rings. The van der Waals surface area contributed by atoms with Crippen LogP contribution >= 0.6 is 43.2 Å². The Kier molecular flexibility index (Phi) is 7.01. The second-order valence-corrected chi connectivity index (χ2v) is 8.09. The number of halogens is 2. The van der Waals surface area contributed by atoms with E-state index in [0.717, 1.165) is 24.9 Å². The number of nitrogens with zero attached hydrogens (tertiary/aromatic N) is 1. The summed E-state index contributed by atoms with van der Waals surface area (Å²) in [5.74, 6) is 0.668. The summed E-state index contributed by atoms with van der Waals surface area (Å²) < 4.78 is 7.63. The van der Waals surface area contributed by atoms with Gasteiger partial charge in [-0.25, -0.2) is 5.43 Å². The molecule has 1 aromatic carbocycles. The zero-order valence-electron chi connectivity index (χ0n) is 13.6. The number of hydrogen-bond donors (Lipinski definition) is 1. The van der Waals surface area contributed by atoms with Gasteiger partial charge in [0.2, 0.25) is 0 Å². The smallest absolute Gasteiger partial charge is 0.277 e. The fourth-order valence-electron chi connectivity index (χ4n) is 1.99. The number of benzene rings is 1. The van der Waals surface area contributed by atoms with Crippen molar-refractivity contribution in [2.75, 3.05) is 6.61 Å². The molecule has 0 atom stereocenters. The molecule has 0 aliphatic heterocycles. The highest BCUT2D eigenvalue weighted by Crippen LogP contribution is 2.40. The second kappa shape index (κ2) is 8.78. The van der Waals surface area contributed by atoms with Crippen molar-refractivity contribution in [1.29, 1.82) is 0 Å². The summed E-state index contributed by atoms with van der Waals surface area (Å²) in [5.41, 5.74) is 4.54. The van der Waals surface area contributed by atoms with Gasteiger partial charge in [-0.05, 0) is 57.4 Å². The topological polar surface area (TPSA) is 50.7 Å². The number of hydrazone groups is 1. The summed E-state index contributed by atoms with van der Waals surface area (Å²) in [6, 6.07) is 5.89. The normalized spacial score (nSPS) is 11.2. The SMILES string of the molecule is Cc1c(Br)cc(C(C)C)c(OCC(=O)N/N=C/c2cccs2)c1Br. The summed E-state index contributed by atoms with van der Waals surface area (Å²) in [7, 11) is 0. The predicted octanol–water partition coefficient (Wildman–Crippen LogP) is 5.23. The zero-order chi connectivity index (χ0) is 17.7. The van der Waals surface area contributed by atoms with Crippen LogP contribution in [0.1, 0.15) is 35.8 Å². The van der Waals surface area contributed by atoms with E-state index in [2.05, 4.69) is 56.2 Å². The first-order chi connectivity index (χ1) is 11.4. The summed E-state index contributed by atoms with van der Waals surface area (Å²) in [6.07, 6.45) is 1.61. The van der Waals surface area contributed by atoms with Gasteiger partial charge in [0.25, 0.3) is 5.91 Å². The number of carbonyl (C=O) groups is 1. The van der Waals surface area contributed by atoms with Crippen LogP contribution in [0.4, 0.5) is 0 Å². The minimum atomic E-state index is -0.301. The molecule has 0 aliphatic carbocycles. The Morgan fingerprint density at radius 3 is 2.83 bits per heavy atom. The average Bonchev–Trinajstić information content (AvgIpc) is 3.04. The lowest BCUT2D eigenvalue weighted by molar-refractivity contribution is -0.123. The average molecular weight is 474 g/mol. The molecule has 0 saturated carbocycles. The molecule has 0 aliphatic rings. The van der Waals surface area contributed by atoms with Crippen LogP contribution in [0.5, 0.6) is 5.75 Å². The van der Waals surface area contributed by atoms with Gasteiger partial charge >= 0.3 is 0 Å². The van der Waals surface area contributed by atoms with E-state index in [1.165, 1.54) is 0 Å². The minimum Gasteiger partial charge on any atom is -0.482 e. The fraction of sp³-hybridized carbons (Fsp3) is 0.294. The highest BCUT2D eigenvalue weighted by molar-refractivity contribution is 9.11. The Balaban J connectivity index is 2.03. The van der Waals surface area contributed by atoms with Gasteiger partial charge in [0, 0.05) is 9.35 Å². The van der Waals surface area contributed by atoms with Crippen molar-refractivity contribution in [3.05, 3.63) is 48.5 Å². The van der Waals surface area contributed by atoms with E-state index in [9.17, 15) is 4.79 Å². The van der Waals surface area contributed by atoms with Crippen LogP contribution in [0, 0.1) is 6.92 Å². The molecule has 2 rings (SSSR count). The van der Waals surface area contributed by atoms with E-state index in [1.807, 2.05) is 30.5 Å². The third-order valence-corrected chi connectivity index (χ3v) is 5.91.